The largest absolute Gasteiger partial charge is 0.497 e. The summed E-state index contributed by atoms with van der Waals surface area (Å²) in [6, 6.07) is 22.2. The highest BCUT2D eigenvalue weighted by molar-refractivity contribution is 6.01. The highest BCUT2D eigenvalue weighted by Crippen LogP contribution is 2.30. The molecule has 164 valence electrons. The predicted octanol–water partition coefficient (Wildman–Crippen LogP) is 4.76. The van der Waals surface area contributed by atoms with Gasteiger partial charge in [-0.1, -0.05) is 47.6 Å². The number of carbonyl (C=O) groups is 1. The quantitative estimate of drug-likeness (QED) is 0.413. The van der Waals surface area contributed by atoms with Gasteiger partial charge in [0.2, 0.25) is 0 Å². The van der Waals surface area contributed by atoms with Crippen LogP contribution in [0.2, 0.25) is 0 Å². The molecule has 3 aromatic carbocycles. The van der Waals surface area contributed by atoms with E-state index in [1.54, 1.807) is 25.4 Å². The second kappa shape index (κ2) is 8.63. The second-order valence-corrected chi connectivity index (χ2v) is 7.69. The summed E-state index contributed by atoms with van der Waals surface area (Å²) in [6.45, 7) is 0. The second-order valence-electron chi connectivity index (χ2n) is 7.69. The van der Waals surface area contributed by atoms with Crippen LogP contribution in [0.25, 0.3) is 22.2 Å². The van der Waals surface area contributed by atoms with Crippen molar-refractivity contribution in [1.82, 2.24) is 20.0 Å². The van der Waals surface area contributed by atoms with Gasteiger partial charge in [0, 0.05) is 30.6 Å². The number of ether oxygens (including phenoxy) is 1. The zero-order chi connectivity index (χ0) is 22.8. The Bertz CT molecular complexity index is 1400. The maximum atomic E-state index is 13.3. The van der Waals surface area contributed by atoms with Crippen molar-refractivity contribution >= 4 is 16.8 Å². The lowest BCUT2D eigenvalue weighted by Crippen LogP contribution is -2.31. The number of hydrogen-bond acceptors (Lipinski definition) is 5. The van der Waals surface area contributed by atoms with E-state index in [1.165, 1.54) is 0 Å². The standard InChI is InChI=1S/C26H22N4O3/c1-30-15-14-27-25(30)23(17-8-11-20(32-2)12-9-17)28-26(31)19-10-13-22-21(16-19)24(33-29-22)18-6-4-3-5-7-18/h3-16,23H,1-2H3,(H,28,31). The van der Waals surface area contributed by atoms with Gasteiger partial charge in [0.1, 0.15) is 23.1 Å². The Morgan fingerprint density at radius 2 is 1.85 bits per heavy atom. The molecule has 7 heteroatoms. The number of carbonyl (C=O) groups excluding carboxylic acids is 1. The average molecular weight is 438 g/mol. The minimum Gasteiger partial charge on any atom is -0.497 e. The molecule has 0 aliphatic heterocycles. The number of hydrogen-bond donors (Lipinski definition) is 1. The van der Waals surface area contributed by atoms with Gasteiger partial charge in [-0.2, -0.15) is 0 Å². The molecule has 5 rings (SSSR count). The lowest BCUT2D eigenvalue weighted by atomic mass is 10.0. The molecule has 0 bridgehead atoms. The minimum atomic E-state index is -0.435. The molecule has 0 radical (unpaired) electrons. The number of methoxy groups -OCH3 is 1. The Morgan fingerprint density at radius 1 is 1.06 bits per heavy atom. The van der Waals surface area contributed by atoms with Gasteiger partial charge in [-0.05, 0) is 35.9 Å². The monoisotopic (exact) mass is 438 g/mol. The Hall–Kier alpha value is -4.39. The summed E-state index contributed by atoms with van der Waals surface area (Å²) in [5, 5.41) is 8.06. The zero-order valence-electron chi connectivity index (χ0n) is 18.2. The third kappa shape index (κ3) is 3.96. The van der Waals surface area contributed by atoms with Crippen molar-refractivity contribution in [2.45, 2.75) is 6.04 Å². The molecule has 1 N–H and O–H groups in total. The third-order valence-electron chi connectivity index (χ3n) is 5.62. The van der Waals surface area contributed by atoms with E-state index in [4.69, 9.17) is 9.26 Å². The Morgan fingerprint density at radius 3 is 2.55 bits per heavy atom. The summed E-state index contributed by atoms with van der Waals surface area (Å²) in [5.41, 5.74) is 3.01. The molecule has 0 aliphatic rings. The summed E-state index contributed by atoms with van der Waals surface area (Å²) in [4.78, 5) is 17.8. The number of amides is 1. The van der Waals surface area contributed by atoms with Crippen molar-refractivity contribution in [2.24, 2.45) is 7.05 Å². The fraction of sp³-hybridized carbons (Fsp3) is 0.115. The number of fused-ring (bicyclic) bond motifs is 1. The van der Waals surface area contributed by atoms with Gasteiger partial charge in [0.25, 0.3) is 5.91 Å². The van der Waals surface area contributed by atoms with Crippen LogP contribution in [0.3, 0.4) is 0 Å². The fourth-order valence-corrected chi connectivity index (χ4v) is 3.84. The molecular formula is C26H22N4O3. The van der Waals surface area contributed by atoms with Crippen molar-refractivity contribution in [1.29, 1.82) is 0 Å². The molecule has 0 fully saturated rings. The summed E-state index contributed by atoms with van der Waals surface area (Å²) in [7, 11) is 3.53. The molecule has 7 nitrogen and oxygen atoms in total. The van der Waals surface area contributed by atoms with E-state index in [-0.39, 0.29) is 5.91 Å². The molecular weight excluding hydrogens is 416 g/mol. The molecule has 0 spiro atoms. The van der Waals surface area contributed by atoms with Crippen molar-refractivity contribution in [3.05, 3.63) is 102 Å². The first kappa shape index (κ1) is 20.5. The first-order valence-electron chi connectivity index (χ1n) is 10.5. The van der Waals surface area contributed by atoms with Crippen LogP contribution in [0.15, 0.2) is 89.7 Å². The van der Waals surface area contributed by atoms with Crippen LogP contribution in [0.4, 0.5) is 0 Å². The number of rotatable bonds is 6. The normalized spacial score (nSPS) is 11.9. The smallest absolute Gasteiger partial charge is 0.252 e. The zero-order valence-corrected chi connectivity index (χ0v) is 18.2. The first-order chi connectivity index (χ1) is 16.1. The molecule has 0 aliphatic carbocycles. The minimum absolute atomic E-state index is 0.221. The van der Waals surface area contributed by atoms with Gasteiger partial charge in [0.15, 0.2) is 5.76 Å². The Kier molecular flexibility index (Phi) is 5.36. The van der Waals surface area contributed by atoms with Gasteiger partial charge in [-0.25, -0.2) is 4.98 Å². The molecule has 2 aromatic heterocycles. The first-order valence-corrected chi connectivity index (χ1v) is 10.5. The van der Waals surface area contributed by atoms with E-state index in [2.05, 4.69) is 15.5 Å². The maximum absolute atomic E-state index is 13.3. The maximum Gasteiger partial charge on any atom is 0.252 e. The molecule has 1 unspecified atom stereocenters. The van der Waals surface area contributed by atoms with E-state index < -0.39 is 6.04 Å². The van der Waals surface area contributed by atoms with Crippen LogP contribution in [-0.4, -0.2) is 27.7 Å². The molecule has 5 aromatic rings. The lowest BCUT2D eigenvalue weighted by Gasteiger charge is -2.19. The van der Waals surface area contributed by atoms with Crippen LogP contribution in [0.1, 0.15) is 27.8 Å². The van der Waals surface area contributed by atoms with Gasteiger partial charge in [0.05, 0.1) is 12.5 Å². The summed E-state index contributed by atoms with van der Waals surface area (Å²) < 4.78 is 12.7. The Balaban J connectivity index is 1.50. The topological polar surface area (TPSA) is 82.2 Å². The van der Waals surface area contributed by atoms with Crippen LogP contribution < -0.4 is 10.1 Å². The van der Waals surface area contributed by atoms with E-state index in [1.807, 2.05) is 78.5 Å². The molecule has 33 heavy (non-hydrogen) atoms. The SMILES string of the molecule is COc1ccc(C(NC(=O)c2ccc3noc(-c4ccccc4)c3c2)c2nccn2C)cc1. The number of nitrogens with zero attached hydrogens (tertiary/aromatic N) is 3. The number of aromatic nitrogens is 3. The van der Waals surface area contributed by atoms with Crippen molar-refractivity contribution < 1.29 is 14.1 Å². The molecule has 1 atom stereocenters. The summed E-state index contributed by atoms with van der Waals surface area (Å²) in [6.07, 6.45) is 3.57. The van der Waals surface area contributed by atoms with Gasteiger partial charge >= 0.3 is 0 Å². The summed E-state index contributed by atoms with van der Waals surface area (Å²) in [5.74, 6) is 1.89. The summed E-state index contributed by atoms with van der Waals surface area (Å²) >= 11 is 0. The number of nitrogens with one attached hydrogen (secondary N) is 1. The van der Waals surface area contributed by atoms with E-state index in [0.717, 1.165) is 28.1 Å². The van der Waals surface area contributed by atoms with E-state index in [0.29, 0.717) is 16.8 Å². The molecule has 0 saturated carbocycles. The molecule has 0 saturated heterocycles. The molecule has 1 amide bonds. The number of imidazole rings is 1. The number of benzene rings is 3. The van der Waals surface area contributed by atoms with Gasteiger partial charge < -0.3 is 19.1 Å². The van der Waals surface area contributed by atoms with Crippen molar-refractivity contribution in [2.75, 3.05) is 7.11 Å². The van der Waals surface area contributed by atoms with Gasteiger partial charge in [-0.3, -0.25) is 4.79 Å². The average Bonchev–Trinajstić information content (AvgIpc) is 3.48. The highest BCUT2D eigenvalue weighted by Gasteiger charge is 2.22. The predicted molar refractivity (Wildman–Crippen MR) is 125 cm³/mol. The van der Waals surface area contributed by atoms with E-state index in [9.17, 15) is 4.79 Å². The van der Waals surface area contributed by atoms with E-state index >= 15 is 0 Å². The van der Waals surface area contributed by atoms with Crippen molar-refractivity contribution in [3.63, 3.8) is 0 Å². The Labute approximate surface area is 190 Å². The molecule has 2 heterocycles. The highest BCUT2D eigenvalue weighted by atomic mass is 16.5. The van der Waals surface area contributed by atoms with Crippen LogP contribution >= 0.6 is 0 Å². The van der Waals surface area contributed by atoms with Gasteiger partial charge in [-0.15, -0.1) is 0 Å². The van der Waals surface area contributed by atoms with Crippen LogP contribution in [-0.2, 0) is 7.05 Å². The lowest BCUT2D eigenvalue weighted by molar-refractivity contribution is 0.0941. The van der Waals surface area contributed by atoms with Crippen molar-refractivity contribution in [3.8, 4) is 17.1 Å². The van der Waals surface area contributed by atoms with Crippen LogP contribution in [0, 0.1) is 0 Å². The number of aryl methyl sites for hydroxylation is 1. The third-order valence-corrected chi connectivity index (χ3v) is 5.62. The van der Waals surface area contributed by atoms with Crippen LogP contribution in [0.5, 0.6) is 5.75 Å². The fourth-order valence-electron chi connectivity index (χ4n) is 3.84.